The summed E-state index contributed by atoms with van der Waals surface area (Å²) in [5.41, 5.74) is 0.979. The third-order valence-electron chi connectivity index (χ3n) is 2.08. The van der Waals surface area contributed by atoms with Gasteiger partial charge in [-0.3, -0.25) is 9.78 Å². The van der Waals surface area contributed by atoms with Crippen LogP contribution in [0.3, 0.4) is 0 Å². The normalized spacial score (nSPS) is 12.8. The highest BCUT2D eigenvalue weighted by Gasteiger charge is 2.17. The van der Waals surface area contributed by atoms with E-state index in [0.717, 1.165) is 5.56 Å². The van der Waals surface area contributed by atoms with Crippen LogP contribution in [0.15, 0.2) is 24.5 Å². The van der Waals surface area contributed by atoms with Crippen molar-refractivity contribution in [2.75, 3.05) is 14.1 Å². The van der Waals surface area contributed by atoms with Crippen LogP contribution in [0.25, 0.3) is 0 Å². The number of aromatic nitrogens is 1. The van der Waals surface area contributed by atoms with Crippen molar-refractivity contribution in [2.45, 2.75) is 12.5 Å². The lowest BCUT2D eigenvalue weighted by Crippen LogP contribution is -2.22. The van der Waals surface area contributed by atoms with Crippen molar-refractivity contribution >= 4 is 5.97 Å². The van der Waals surface area contributed by atoms with Gasteiger partial charge in [0.2, 0.25) is 0 Å². The maximum atomic E-state index is 10.6. The number of aliphatic carboxylic acids is 1. The fourth-order valence-corrected chi connectivity index (χ4v) is 1.35. The first-order chi connectivity index (χ1) is 6.61. The molecule has 0 aromatic carbocycles. The van der Waals surface area contributed by atoms with Crippen LogP contribution in [0, 0.1) is 0 Å². The van der Waals surface area contributed by atoms with Gasteiger partial charge in [-0.15, -0.1) is 0 Å². The summed E-state index contributed by atoms with van der Waals surface area (Å²) in [5, 5.41) is 8.75. The number of hydrogen-bond acceptors (Lipinski definition) is 3. The number of nitrogens with zero attached hydrogens (tertiary/aromatic N) is 2. The monoisotopic (exact) mass is 194 g/mol. The highest BCUT2D eigenvalue weighted by Crippen LogP contribution is 2.20. The van der Waals surface area contributed by atoms with Gasteiger partial charge in [-0.25, -0.2) is 0 Å². The molecule has 1 unspecified atom stereocenters. The molecule has 0 saturated heterocycles. The average molecular weight is 194 g/mol. The maximum absolute atomic E-state index is 10.6. The van der Waals surface area contributed by atoms with E-state index in [-0.39, 0.29) is 12.5 Å². The van der Waals surface area contributed by atoms with Crippen LogP contribution < -0.4 is 0 Å². The van der Waals surface area contributed by atoms with Crippen molar-refractivity contribution in [1.82, 2.24) is 9.88 Å². The molecular weight excluding hydrogens is 180 g/mol. The van der Waals surface area contributed by atoms with Gasteiger partial charge >= 0.3 is 5.97 Å². The largest absolute Gasteiger partial charge is 0.481 e. The molecule has 1 aromatic rings. The summed E-state index contributed by atoms with van der Waals surface area (Å²) in [7, 11) is 3.74. The molecule has 1 heterocycles. The molecule has 1 aromatic heterocycles. The zero-order valence-electron chi connectivity index (χ0n) is 8.34. The molecule has 0 amide bonds. The number of carboxylic acid groups (broad SMARTS) is 1. The molecule has 0 aliphatic carbocycles. The van der Waals surface area contributed by atoms with Crippen LogP contribution in [0.2, 0.25) is 0 Å². The fraction of sp³-hybridized carbons (Fsp3) is 0.400. The predicted molar refractivity (Wildman–Crippen MR) is 52.9 cm³/mol. The Labute approximate surface area is 83.2 Å². The molecule has 0 fully saturated rings. The van der Waals surface area contributed by atoms with Gasteiger partial charge in [0.05, 0.1) is 6.42 Å². The molecule has 0 bridgehead atoms. The molecule has 1 rings (SSSR count). The zero-order chi connectivity index (χ0) is 10.6. The summed E-state index contributed by atoms with van der Waals surface area (Å²) < 4.78 is 0. The summed E-state index contributed by atoms with van der Waals surface area (Å²) in [6.07, 6.45) is 3.46. The quantitative estimate of drug-likeness (QED) is 0.781. The lowest BCUT2D eigenvalue weighted by molar-refractivity contribution is -0.138. The lowest BCUT2D eigenvalue weighted by atomic mass is 10.0. The minimum atomic E-state index is -0.791. The number of rotatable bonds is 4. The van der Waals surface area contributed by atoms with Crippen LogP contribution in [0.1, 0.15) is 18.0 Å². The smallest absolute Gasteiger partial charge is 0.305 e. The molecule has 0 aliphatic rings. The predicted octanol–water partition coefficient (Wildman–Crippen LogP) is 1.16. The van der Waals surface area contributed by atoms with Crippen molar-refractivity contribution in [3.8, 4) is 0 Å². The Morgan fingerprint density at radius 3 is 2.50 bits per heavy atom. The van der Waals surface area contributed by atoms with Crippen LogP contribution >= 0.6 is 0 Å². The van der Waals surface area contributed by atoms with Crippen molar-refractivity contribution in [3.63, 3.8) is 0 Å². The van der Waals surface area contributed by atoms with Crippen LogP contribution in [0.4, 0.5) is 0 Å². The number of carboxylic acids is 1. The first-order valence-electron chi connectivity index (χ1n) is 4.39. The van der Waals surface area contributed by atoms with Crippen LogP contribution in [-0.2, 0) is 4.79 Å². The highest BCUT2D eigenvalue weighted by atomic mass is 16.4. The second kappa shape index (κ2) is 4.72. The molecule has 0 saturated carbocycles. The van der Waals surface area contributed by atoms with Crippen molar-refractivity contribution in [3.05, 3.63) is 30.1 Å². The molecule has 0 spiro atoms. The summed E-state index contributed by atoms with van der Waals surface area (Å²) in [6.45, 7) is 0. The van der Waals surface area contributed by atoms with E-state index < -0.39 is 5.97 Å². The highest BCUT2D eigenvalue weighted by molar-refractivity contribution is 5.67. The standard InChI is InChI=1S/C10H14N2O2/c1-12(2)9(7-10(13)14)8-3-5-11-6-4-8/h3-6,9H,7H2,1-2H3,(H,13,14). The van der Waals surface area contributed by atoms with Crippen molar-refractivity contribution in [2.24, 2.45) is 0 Å². The van der Waals surface area contributed by atoms with E-state index in [0.29, 0.717) is 0 Å². The van der Waals surface area contributed by atoms with E-state index in [1.807, 2.05) is 31.1 Å². The Bertz CT molecular complexity index is 298. The minimum absolute atomic E-state index is 0.0875. The molecule has 4 heteroatoms. The second-order valence-electron chi connectivity index (χ2n) is 3.36. The van der Waals surface area contributed by atoms with Gasteiger partial charge in [0.25, 0.3) is 0 Å². The van der Waals surface area contributed by atoms with E-state index >= 15 is 0 Å². The topological polar surface area (TPSA) is 53.4 Å². The Morgan fingerprint density at radius 1 is 1.50 bits per heavy atom. The Hall–Kier alpha value is -1.42. The van der Waals surface area contributed by atoms with E-state index in [1.54, 1.807) is 12.4 Å². The fourth-order valence-electron chi connectivity index (χ4n) is 1.35. The van der Waals surface area contributed by atoms with Crippen molar-refractivity contribution in [1.29, 1.82) is 0 Å². The Balaban J connectivity index is 2.83. The Morgan fingerprint density at radius 2 is 2.07 bits per heavy atom. The first kappa shape index (κ1) is 10.7. The third-order valence-corrected chi connectivity index (χ3v) is 2.08. The molecule has 1 N–H and O–H groups in total. The SMILES string of the molecule is CN(C)C(CC(=O)O)c1ccncc1. The van der Waals surface area contributed by atoms with Gasteiger partial charge in [0.1, 0.15) is 0 Å². The van der Waals surface area contributed by atoms with E-state index in [1.165, 1.54) is 0 Å². The van der Waals surface area contributed by atoms with Gasteiger partial charge in [-0.1, -0.05) is 0 Å². The summed E-state index contributed by atoms with van der Waals surface area (Å²) in [4.78, 5) is 16.4. The van der Waals surface area contributed by atoms with E-state index in [9.17, 15) is 4.79 Å². The average Bonchev–Trinajstić information content (AvgIpc) is 2.15. The molecule has 1 atom stereocenters. The van der Waals surface area contributed by atoms with Crippen molar-refractivity contribution < 1.29 is 9.90 Å². The molecular formula is C10H14N2O2. The van der Waals surface area contributed by atoms with Gasteiger partial charge < -0.3 is 10.0 Å². The Kier molecular flexibility index (Phi) is 3.59. The second-order valence-corrected chi connectivity index (χ2v) is 3.36. The minimum Gasteiger partial charge on any atom is -0.481 e. The number of hydrogen-bond donors (Lipinski definition) is 1. The molecule has 76 valence electrons. The molecule has 4 nitrogen and oxygen atoms in total. The van der Waals surface area contributed by atoms with E-state index in [2.05, 4.69) is 4.98 Å². The number of pyridine rings is 1. The van der Waals surface area contributed by atoms with Crippen LogP contribution in [-0.4, -0.2) is 35.1 Å². The van der Waals surface area contributed by atoms with Gasteiger partial charge in [-0.05, 0) is 31.8 Å². The summed E-state index contributed by atoms with van der Waals surface area (Å²) in [6, 6.07) is 3.59. The van der Waals surface area contributed by atoms with E-state index in [4.69, 9.17) is 5.11 Å². The van der Waals surface area contributed by atoms with Crippen LogP contribution in [0.5, 0.6) is 0 Å². The molecule has 0 aliphatic heterocycles. The maximum Gasteiger partial charge on any atom is 0.305 e. The zero-order valence-corrected chi connectivity index (χ0v) is 8.34. The first-order valence-corrected chi connectivity index (χ1v) is 4.39. The third kappa shape index (κ3) is 2.81. The number of carbonyl (C=O) groups is 1. The van der Waals surface area contributed by atoms with Gasteiger partial charge in [0.15, 0.2) is 0 Å². The lowest BCUT2D eigenvalue weighted by Gasteiger charge is -2.22. The summed E-state index contributed by atoms with van der Waals surface area (Å²) in [5.74, 6) is -0.791. The van der Waals surface area contributed by atoms with Gasteiger partial charge in [0, 0.05) is 18.4 Å². The van der Waals surface area contributed by atoms with Gasteiger partial charge in [-0.2, -0.15) is 0 Å². The molecule has 14 heavy (non-hydrogen) atoms. The molecule has 0 radical (unpaired) electrons. The summed E-state index contributed by atoms with van der Waals surface area (Å²) >= 11 is 0.